The van der Waals surface area contributed by atoms with Crippen LogP contribution in [0.25, 0.3) is 11.2 Å². The molecule has 82 valence electrons. The molecule has 0 aliphatic carbocycles. The first-order chi connectivity index (χ1) is 7.24. The third-order valence-corrected chi connectivity index (χ3v) is 2.27. The van der Waals surface area contributed by atoms with E-state index >= 15 is 0 Å². The molecule has 15 heavy (non-hydrogen) atoms. The molecule has 0 saturated carbocycles. The highest BCUT2D eigenvalue weighted by Gasteiger charge is 2.09. The first kappa shape index (κ1) is 11.9. The fourth-order valence-electron chi connectivity index (χ4n) is 1.40. The van der Waals surface area contributed by atoms with Crippen molar-refractivity contribution in [3.63, 3.8) is 0 Å². The molecule has 0 spiro atoms. The molecule has 0 saturated heterocycles. The van der Waals surface area contributed by atoms with E-state index in [1.165, 1.54) is 6.33 Å². The Kier molecular flexibility index (Phi) is 4.03. The van der Waals surface area contributed by atoms with Crippen molar-refractivity contribution in [3.8, 4) is 0 Å². The molecule has 0 fully saturated rings. The van der Waals surface area contributed by atoms with Crippen LogP contribution < -0.4 is 0 Å². The quantitative estimate of drug-likeness (QED) is 0.703. The molecule has 0 N–H and O–H groups in total. The summed E-state index contributed by atoms with van der Waals surface area (Å²) in [6.45, 7) is 8.82. The van der Waals surface area contributed by atoms with E-state index in [1.54, 1.807) is 0 Å². The minimum Gasteiger partial charge on any atom is -0.313 e. The van der Waals surface area contributed by atoms with Crippen molar-refractivity contribution < 1.29 is 0 Å². The van der Waals surface area contributed by atoms with Crippen molar-refractivity contribution in [1.82, 2.24) is 19.5 Å². The van der Waals surface area contributed by atoms with E-state index in [4.69, 9.17) is 11.6 Å². The normalized spacial score (nSPS) is 9.93. The van der Waals surface area contributed by atoms with Gasteiger partial charge in [-0.3, -0.25) is 0 Å². The van der Waals surface area contributed by atoms with Gasteiger partial charge in [-0.1, -0.05) is 25.4 Å². The van der Waals surface area contributed by atoms with Crippen LogP contribution in [-0.4, -0.2) is 19.5 Å². The van der Waals surface area contributed by atoms with Gasteiger partial charge >= 0.3 is 0 Å². The molecule has 0 amide bonds. The number of hydrogen-bond donors (Lipinski definition) is 0. The molecule has 0 unspecified atom stereocenters. The molecule has 0 atom stereocenters. The summed E-state index contributed by atoms with van der Waals surface area (Å²) in [5, 5.41) is 0.417. The van der Waals surface area contributed by atoms with Gasteiger partial charge in [0.2, 0.25) is 0 Å². The number of imidazole rings is 1. The summed E-state index contributed by atoms with van der Waals surface area (Å²) in [5.74, 6) is 0.917. The Labute approximate surface area is 94.3 Å². The molecule has 2 aromatic rings. The third kappa shape index (κ3) is 2.09. The lowest BCUT2D eigenvalue weighted by molar-refractivity contribution is 0.745. The Hall–Kier alpha value is -1.16. The predicted molar refractivity (Wildman–Crippen MR) is 62.1 cm³/mol. The van der Waals surface area contributed by atoms with Crippen molar-refractivity contribution in [2.75, 3.05) is 0 Å². The minimum atomic E-state index is 0.417. The average Bonchev–Trinajstić information content (AvgIpc) is 2.59. The molecular formula is C10H15ClN4. The minimum absolute atomic E-state index is 0.417. The monoisotopic (exact) mass is 226 g/mol. The molecule has 0 aromatic carbocycles. The van der Waals surface area contributed by atoms with E-state index in [2.05, 4.69) is 15.0 Å². The van der Waals surface area contributed by atoms with Gasteiger partial charge in [0.25, 0.3) is 0 Å². The fraction of sp³-hybridized carbons (Fsp3) is 0.500. The number of aromatic nitrogens is 4. The van der Waals surface area contributed by atoms with E-state index in [0.717, 1.165) is 18.0 Å². The Morgan fingerprint density at radius 3 is 2.60 bits per heavy atom. The highest BCUT2D eigenvalue weighted by molar-refractivity contribution is 6.33. The lowest BCUT2D eigenvalue weighted by atomic mass is 10.5. The lowest BCUT2D eigenvalue weighted by Crippen LogP contribution is -1.97. The second-order valence-electron chi connectivity index (χ2n) is 2.74. The molecule has 2 rings (SSSR count). The van der Waals surface area contributed by atoms with Crippen LogP contribution in [0, 0.1) is 6.92 Å². The molecular weight excluding hydrogens is 212 g/mol. The topological polar surface area (TPSA) is 43.6 Å². The first-order valence-electron chi connectivity index (χ1n) is 5.07. The zero-order chi connectivity index (χ0) is 11.4. The Bertz CT molecular complexity index is 450. The summed E-state index contributed by atoms with van der Waals surface area (Å²) < 4.78 is 2.00. The number of rotatable bonds is 1. The van der Waals surface area contributed by atoms with Crippen molar-refractivity contribution in [2.45, 2.75) is 34.2 Å². The van der Waals surface area contributed by atoms with Gasteiger partial charge in [0.15, 0.2) is 10.8 Å². The maximum absolute atomic E-state index is 5.87. The highest BCUT2D eigenvalue weighted by Crippen LogP contribution is 2.18. The summed E-state index contributed by atoms with van der Waals surface area (Å²) in [6.07, 6.45) is 1.46. The van der Waals surface area contributed by atoms with Gasteiger partial charge < -0.3 is 4.57 Å². The Morgan fingerprint density at radius 2 is 2.00 bits per heavy atom. The Morgan fingerprint density at radius 1 is 1.33 bits per heavy atom. The van der Waals surface area contributed by atoms with Crippen LogP contribution in [-0.2, 0) is 6.54 Å². The number of halogens is 1. The van der Waals surface area contributed by atoms with E-state index in [-0.39, 0.29) is 0 Å². The van der Waals surface area contributed by atoms with Crippen LogP contribution in [0.4, 0.5) is 0 Å². The maximum Gasteiger partial charge on any atom is 0.164 e. The van der Waals surface area contributed by atoms with Crippen LogP contribution in [0.1, 0.15) is 26.6 Å². The van der Waals surface area contributed by atoms with Gasteiger partial charge in [-0.15, -0.1) is 0 Å². The maximum atomic E-state index is 5.87. The van der Waals surface area contributed by atoms with E-state index in [9.17, 15) is 0 Å². The third-order valence-electron chi connectivity index (χ3n) is 1.99. The second kappa shape index (κ2) is 5.07. The van der Waals surface area contributed by atoms with Crippen LogP contribution >= 0.6 is 11.6 Å². The number of aryl methyl sites for hydroxylation is 2. The van der Waals surface area contributed by atoms with Gasteiger partial charge in [-0.2, -0.15) is 0 Å². The zero-order valence-corrected chi connectivity index (χ0v) is 10.2. The van der Waals surface area contributed by atoms with Gasteiger partial charge in [0.05, 0.1) is 0 Å². The summed E-state index contributed by atoms with van der Waals surface area (Å²) in [4.78, 5) is 12.3. The largest absolute Gasteiger partial charge is 0.313 e. The highest BCUT2D eigenvalue weighted by atomic mass is 35.5. The SMILES string of the molecule is CC.CCn1c(C)nc2c(Cl)ncnc21. The summed E-state index contributed by atoms with van der Waals surface area (Å²) in [7, 11) is 0. The molecule has 0 bridgehead atoms. The zero-order valence-electron chi connectivity index (χ0n) is 9.45. The molecule has 0 aliphatic rings. The predicted octanol–water partition coefficient (Wildman–Crippen LogP) is 2.83. The fourth-order valence-corrected chi connectivity index (χ4v) is 1.57. The molecule has 4 nitrogen and oxygen atoms in total. The lowest BCUT2D eigenvalue weighted by Gasteiger charge is -1.99. The van der Waals surface area contributed by atoms with Crippen LogP contribution in [0.3, 0.4) is 0 Å². The van der Waals surface area contributed by atoms with E-state index in [0.29, 0.717) is 10.7 Å². The van der Waals surface area contributed by atoms with Gasteiger partial charge in [0.1, 0.15) is 17.7 Å². The number of nitrogens with zero attached hydrogens (tertiary/aromatic N) is 4. The molecule has 5 heteroatoms. The molecule has 2 aromatic heterocycles. The van der Waals surface area contributed by atoms with Crippen molar-refractivity contribution in [2.24, 2.45) is 0 Å². The Balaban J connectivity index is 0.000000531. The van der Waals surface area contributed by atoms with Crippen molar-refractivity contribution in [3.05, 3.63) is 17.3 Å². The smallest absolute Gasteiger partial charge is 0.164 e. The van der Waals surface area contributed by atoms with E-state index in [1.807, 2.05) is 32.3 Å². The van der Waals surface area contributed by atoms with Gasteiger partial charge in [-0.05, 0) is 13.8 Å². The standard InChI is InChI=1S/C8H9ClN4.C2H6/c1-3-13-5(2)12-6-7(9)10-4-11-8(6)13;1-2/h4H,3H2,1-2H3;1-2H3. The molecule has 0 aliphatic heterocycles. The first-order valence-corrected chi connectivity index (χ1v) is 5.45. The number of hydrogen-bond acceptors (Lipinski definition) is 3. The summed E-state index contributed by atoms with van der Waals surface area (Å²) in [5.41, 5.74) is 1.49. The molecule has 2 heterocycles. The van der Waals surface area contributed by atoms with Gasteiger partial charge in [0, 0.05) is 6.54 Å². The van der Waals surface area contributed by atoms with Crippen molar-refractivity contribution >= 4 is 22.8 Å². The summed E-state index contributed by atoms with van der Waals surface area (Å²) in [6, 6.07) is 0. The van der Waals surface area contributed by atoms with Crippen LogP contribution in [0.5, 0.6) is 0 Å². The van der Waals surface area contributed by atoms with E-state index < -0.39 is 0 Å². The van der Waals surface area contributed by atoms with Crippen LogP contribution in [0.15, 0.2) is 6.33 Å². The van der Waals surface area contributed by atoms with Crippen molar-refractivity contribution in [1.29, 1.82) is 0 Å². The average molecular weight is 227 g/mol. The second-order valence-corrected chi connectivity index (χ2v) is 3.10. The van der Waals surface area contributed by atoms with Gasteiger partial charge in [-0.25, -0.2) is 15.0 Å². The molecule has 0 radical (unpaired) electrons. The summed E-state index contributed by atoms with van der Waals surface area (Å²) >= 11 is 5.87. The number of fused-ring (bicyclic) bond motifs is 1. The van der Waals surface area contributed by atoms with Crippen LogP contribution in [0.2, 0.25) is 5.15 Å².